The molecule has 0 amide bonds. The minimum Gasteiger partial charge on any atom is -0.370 e. The van der Waals surface area contributed by atoms with Gasteiger partial charge in [0.05, 0.1) is 12.2 Å². The molecule has 0 saturated heterocycles. The number of rotatable bonds is 5. The molecular formula is C11H15N5S. The molecule has 0 fully saturated rings. The van der Waals surface area contributed by atoms with Gasteiger partial charge >= 0.3 is 0 Å². The standard InChI is InChI=1S/C11H15N5S/c12-11(14-8-9-3-6-15-16-9)13-5-4-10-2-1-7-17-10/h1-3,6-7H,4-5,8H2,(H,15,16)(H3,12,13,14). The summed E-state index contributed by atoms with van der Waals surface area (Å²) in [5.41, 5.74) is 6.69. The first-order chi connectivity index (χ1) is 8.34. The van der Waals surface area contributed by atoms with Crippen molar-refractivity contribution in [3.63, 3.8) is 0 Å². The van der Waals surface area contributed by atoms with Crippen molar-refractivity contribution >= 4 is 17.3 Å². The van der Waals surface area contributed by atoms with E-state index in [0.717, 1.165) is 18.7 Å². The highest BCUT2D eigenvalue weighted by Gasteiger charge is 1.96. The Morgan fingerprint density at radius 2 is 2.47 bits per heavy atom. The summed E-state index contributed by atoms with van der Waals surface area (Å²) in [6, 6.07) is 6.04. The second-order valence-corrected chi connectivity index (χ2v) is 4.57. The maximum atomic E-state index is 5.74. The molecule has 0 radical (unpaired) electrons. The summed E-state index contributed by atoms with van der Waals surface area (Å²) in [4.78, 5) is 5.55. The summed E-state index contributed by atoms with van der Waals surface area (Å²) in [7, 11) is 0. The van der Waals surface area contributed by atoms with Gasteiger partial charge in [0.15, 0.2) is 5.96 Å². The molecule has 2 aromatic rings. The summed E-state index contributed by atoms with van der Waals surface area (Å²) in [5, 5.41) is 11.8. The highest BCUT2D eigenvalue weighted by atomic mass is 32.1. The summed E-state index contributed by atoms with van der Waals surface area (Å²) in [6.07, 6.45) is 2.67. The van der Waals surface area contributed by atoms with Gasteiger partial charge in [-0.05, 0) is 23.9 Å². The van der Waals surface area contributed by atoms with Crippen molar-refractivity contribution in [2.45, 2.75) is 13.0 Å². The van der Waals surface area contributed by atoms with Crippen LogP contribution in [0.4, 0.5) is 0 Å². The lowest BCUT2D eigenvalue weighted by Crippen LogP contribution is -2.33. The molecule has 5 nitrogen and oxygen atoms in total. The van der Waals surface area contributed by atoms with Crippen molar-refractivity contribution in [3.8, 4) is 0 Å². The third-order valence-electron chi connectivity index (χ3n) is 2.24. The lowest BCUT2D eigenvalue weighted by atomic mass is 10.3. The van der Waals surface area contributed by atoms with Gasteiger partial charge < -0.3 is 11.1 Å². The Morgan fingerprint density at radius 3 is 3.18 bits per heavy atom. The number of nitrogens with zero attached hydrogens (tertiary/aromatic N) is 2. The number of hydrogen-bond donors (Lipinski definition) is 3. The number of nitrogens with one attached hydrogen (secondary N) is 2. The topological polar surface area (TPSA) is 79.1 Å². The summed E-state index contributed by atoms with van der Waals surface area (Å²) in [6.45, 7) is 1.33. The summed E-state index contributed by atoms with van der Waals surface area (Å²) >= 11 is 1.75. The Morgan fingerprint density at radius 1 is 1.53 bits per heavy atom. The highest BCUT2D eigenvalue weighted by Crippen LogP contribution is 2.07. The van der Waals surface area contributed by atoms with Crippen LogP contribution in [0.2, 0.25) is 0 Å². The number of aromatic amines is 1. The summed E-state index contributed by atoms with van der Waals surface area (Å²) in [5.74, 6) is 0.469. The van der Waals surface area contributed by atoms with E-state index in [9.17, 15) is 0 Å². The third-order valence-corrected chi connectivity index (χ3v) is 3.17. The fraction of sp³-hybridized carbons (Fsp3) is 0.273. The molecule has 0 saturated carbocycles. The molecule has 0 atom stereocenters. The van der Waals surface area contributed by atoms with Crippen LogP contribution in [-0.2, 0) is 13.0 Å². The number of thiophene rings is 1. The van der Waals surface area contributed by atoms with E-state index in [4.69, 9.17) is 5.73 Å². The smallest absolute Gasteiger partial charge is 0.188 e. The molecule has 0 aliphatic rings. The molecule has 0 aliphatic heterocycles. The second-order valence-electron chi connectivity index (χ2n) is 3.54. The predicted octanol–water partition coefficient (Wildman–Crippen LogP) is 1.12. The monoisotopic (exact) mass is 249 g/mol. The van der Waals surface area contributed by atoms with E-state index >= 15 is 0 Å². The lowest BCUT2D eigenvalue weighted by molar-refractivity contribution is 0.851. The highest BCUT2D eigenvalue weighted by molar-refractivity contribution is 7.09. The van der Waals surface area contributed by atoms with Gasteiger partial charge in [0, 0.05) is 17.6 Å². The molecule has 90 valence electrons. The van der Waals surface area contributed by atoms with Crippen LogP contribution in [0.3, 0.4) is 0 Å². The quantitative estimate of drug-likeness (QED) is 0.549. The van der Waals surface area contributed by atoms with Crippen molar-refractivity contribution in [1.82, 2.24) is 15.5 Å². The maximum absolute atomic E-state index is 5.74. The number of aromatic nitrogens is 2. The third kappa shape index (κ3) is 3.92. The Labute approximate surface area is 104 Å². The Kier molecular flexibility index (Phi) is 4.15. The van der Waals surface area contributed by atoms with Gasteiger partial charge in [-0.25, -0.2) is 4.99 Å². The van der Waals surface area contributed by atoms with E-state index in [1.165, 1.54) is 4.88 Å². The van der Waals surface area contributed by atoms with Crippen molar-refractivity contribution < 1.29 is 0 Å². The van der Waals surface area contributed by atoms with Crippen LogP contribution < -0.4 is 11.1 Å². The number of H-pyrrole nitrogens is 1. The zero-order valence-electron chi connectivity index (χ0n) is 9.39. The maximum Gasteiger partial charge on any atom is 0.188 e. The summed E-state index contributed by atoms with van der Waals surface area (Å²) < 4.78 is 0. The van der Waals surface area contributed by atoms with Crippen LogP contribution in [0.5, 0.6) is 0 Å². The average molecular weight is 249 g/mol. The van der Waals surface area contributed by atoms with Gasteiger partial charge in [-0.1, -0.05) is 6.07 Å². The van der Waals surface area contributed by atoms with Crippen LogP contribution in [0.25, 0.3) is 0 Å². The minimum atomic E-state index is 0.469. The molecule has 4 N–H and O–H groups in total. The molecule has 2 heterocycles. The molecule has 0 aromatic carbocycles. The van der Waals surface area contributed by atoms with Crippen molar-refractivity contribution in [1.29, 1.82) is 0 Å². The van der Waals surface area contributed by atoms with E-state index in [0.29, 0.717) is 12.5 Å². The van der Waals surface area contributed by atoms with Gasteiger partial charge in [-0.3, -0.25) is 5.10 Å². The first kappa shape index (κ1) is 11.7. The second kappa shape index (κ2) is 6.05. The Balaban J connectivity index is 1.70. The fourth-order valence-corrected chi connectivity index (χ4v) is 2.08. The van der Waals surface area contributed by atoms with Crippen molar-refractivity contribution in [2.24, 2.45) is 10.7 Å². The van der Waals surface area contributed by atoms with Gasteiger partial charge in [-0.2, -0.15) is 5.10 Å². The number of aliphatic imine (C=N–C) groups is 1. The molecule has 2 aromatic heterocycles. The zero-order valence-corrected chi connectivity index (χ0v) is 10.2. The van der Waals surface area contributed by atoms with Crippen LogP contribution in [0, 0.1) is 0 Å². The SMILES string of the molecule is NC(=NCc1ccn[nH]1)NCCc1cccs1. The first-order valence-electron chi connectivity index (χ1n) is 5.39. The number of hydrogen-bond acceptors (Lipinski definition) is 3. The van der Waals surface area contributed by atoms with E-state index in [-0.39, 0.29) is 0 Å². The Hall–Kier alpha value is -1.82. The van der Waals surface area contributed by atoms with Crippen LogP contribution >= 0.6 is 11.3 Å². The molecule has 6 heteroatoms. The van der Waals surface area contributed by atoms with E-state index in [1.807, 2.05) is 6.07 Å². The van der Waals surface area contributed by atoms with E-state index < -0.39 is 0 Å². The van der Waals surface area contributed by atoms with Crippen LogP contribution in [0.15, 0.2) is 34.8 Å². The van der Waals surface area contributed by atoms with Crippen LogP contribution in [0.1, 0.15) is 10.6 Å². The fourth-order valence-electron chi connectivity index (χ4n) is 1.37. The molecule has 0 bridgehead atoms. The van der Waals surface area contributed by atoms with E-state index in [2.05, 4.69) is 38.0 Å². The molecule has 2 rings (SSSR count). The number of nitrogens with two attached hydrogens (primary N) is 1. The van der Waals surface area contributed by atoms with Gasteiger partial charge in [0.2, 0.25) is 0 Å². The van der Waals surface area contributed by atoms with Gasteiger partial charge in [0.1, 0.15) is 0 Å². The normalized spacial score (nSPS) is 11.6. The van der Waals surface area contributed by atoms with Crippen molar-refractivity contribution in [3.05, 3.63) is 40.3 Å². The lowest BCUT2D eigenvalue weighted by Gasteiger charge is -2.03. The Bertz CT molecular complexity index is 446. The van der Waals surface area contributed by atoms with E-state index in [1.54, 1.807) is 17.5 Å². The van der Waals surface area contributed by atoms with Crippen LogP contribution in [-0.4, -0.2) is 22.7 Å². The average Bonchev–Trinajstić information content (AvgIpc) is 2.99. The zero-order chi connectivity index (χ0) is 11.9. The molecule has 0 aliphatic carbocycles. The minimum absolute atomic E-state index is 0.469. The first-order valence-corrected chi connectivity index (χ1v) is 6.27. The van der Waals surface area contributed by atoms with Crippen molar-refractivity contribution in [2.75, 3.05) is 6.54 Å². The molecular weight excluding hydrogens is 234 g/mol. The largest absolute Gasteiger partial charge is 0.370 e. The molecule has 17 heavy (non-hydrogen) atoms. The van der Waals surface area contributed by atoms with Gasteiger partial charge in [-0.15, -0.1) is 11.3 Å². The predicted molar refractivity (Wildman–Crippen MR) is 69.9 cm³/mol. The molecule has 0 unspecified atom stereocenters. The number of guanidine groups is 1. The van der Waals surface area contributed by atoms with Gasteiger partial charge in [0.25, 0.3) is 0 Å². The molecule has 0 spiro atoms.